The van der Waals surface area contributed by atoms with E-state index < -0.39 is 5.92 Å². The number of aryl methyl sites for hydroxylation is 1. The van der Waals surface area contributed by atoms with Gasteiger partial charge in [-0.1, -0.05) is 0 Å². The van der Waals surface area contributed by atoms with Gasteiger partial charge < -0.3 is 15.1 Å². The molecule has 1 N–H and O–H groups in total. The number of nitrogens with zero attached hydrogens (tertiary/aromatic N) is 5. The molecule has 162 valence electrons. The first-order valence-corrected chi connectivity index (χ1v) is 11.1. The van der Waals surface area contributed by atoms with E-state index in [0.717, 1.165) is 22.2 Å². The minimum atomic E-state index is -2.57. The fourth-order valence-electron chi connectivity index (χ4n) is 3.86. The molecule has 1 aliphatic heterocycles. The van der Waals surface area contributed by atoms with Crippen LogP contribution in [0.5, 0.6) is 0 Å². The molecule has 3 heterocycles. The molecule has 1 saturated carbocycles. The molecule has 4 rings (SSSR count). The van der Waals surface area contributed by atoms with Crippen molar-refractivity contribution in [2.75, 3.05) is 36.4 Å². The van der Waals surface area contributed by atoms with Gasteiger partial charge in [-0.25, -0.2) is 18.7 Å². The third-order valence-electron chi connectivity index (χ3n) is 5.65. The van der Waals surface area contributed by atoms with Crippen LogP contribution in [0.1, 0.15) is 38.3 Å². The normalized spacial score (nSPS) is 19.7. The van der Waals surface area contributed by atoms with Crippen LogP contribution in [-0.4, -0.2) is 63.9 Å². The highest BCUT2D eigenvalue weighted by Crippen LogP contribution is 2.34. The molecule has 1 saturated heterocycles. The highest BCUT2D eigenvalue weighted by Gasteiger charge is 2.35. The van der Waals surface area contributed by atoms with Gasteiger partial charge in [0.2, 0.25) is 17.8 Å². The third-order valence-corrected chi connectivity index (χ3v) is 6.63. The highest BCUT2D eigenvalue weighted by molar-refractivity contribution is 7.13. The van der Waals surface area contributed by atoms with Crippen molar-refractivity contribution in [1.29, 1.82) is 0 Å². The molecule has 0 unspecified atom stereocenters. The second-order valence-corrected chi connectivity index (χ2v) is 8.85. The lowest BCUT2D eigenvalue weighted by atomic mass is 9.92. The van der Waals surface area contributed by atoms with Crippen LogP contribution in [0.3, 0.4) is 0 Å². The Labute approximate surface area is 178 Å². The Bertz CT molecular complexity index is 902. The quantitative estimate of drug-likeness (QED) is 0.790. The summed E-state index contributed by atoms with van der Waals surface area (Å²) < 4.78 is 27.0. The van der Waals surface area contributed by atoms with Gasteiger partial charge in [0.15, 0.2) is 0 Å². The lowest BCUT2D eigenvalue weighted by Crippen LogP contribution is -2.48. The smallest absolute Gasteiger partial charge is 0.248 e. The second-order valence-electron chi connectivity index (χ2n) is 8.00. The van der Waals surface area contributed by atoms with Crippen molar-refractivity contribution in [1.82, 2.24) is 19.9 Å². The van der Waals surface area contributed by atoms with Gasteiger partial charge in [0.1, 0.15) is 16.5 Å². The Hall–Kier alpha value is -2.36. The molecule has 1 aliphatic carbocycles. The molecule has 7 nitrogen and oxygen atoms in total. The first-order valence-electron chi connectivity index (χ1n) is 10.3. The third kappa shape index (κ3) is 4.85. The first-order chi connectivity index (χ1) is 14.3. The lowest BCUT2D eigenvalue weighted by Gasteiger charge is -2.35. The van der Waals surface area contributed by atoms with E-state index in [1.807, 2.05) is 23.3 Å². The maximum Gasteiger partial charge on any atom is 0.248 e. The number of carbonyl (C=O) groups excluding carboxylic acids is 1. The minimum Gasteiger partial charge on any atom is -0.353 e. The molecule has 10 heteroatoms. The Morgan fingerprint density at radius 1 is 1.17 bits per heavy atom. The maximum atomic E-state index is 13.5. The summed E-state index contributed by atoms with van der Waals surface area (Å²) in [6.07, 6.45) is 0.554. The summed E-state index contributed by atoms with van der Waals surface area (Å²) in [6.45, 7) is 6.17. The highest BCUT2D eigenvalue weighted by atomic mass is 32.1. The number of carbonyl (C=O) groups is 1. The van der Waals surface area contributed by atoms with Gasteiger partial charge in [0.25, 0.3) is 0 Å². The summed E-state index contributed by atoms with van der Waals surface area (Å²) in [5.74, 6) is -1.28. The number of nitrogens with one attached hydrogen (secondary N) is 1. The van der Waals surface area contributed by atoms with E-state index >= 15 is 0 Å². The molecule has 2 fully saturated rings. The second kappa shape index (κ2) is 8.41. The zero-order valence-corrected chi connectivity index (χ0v) is 18.0. The van der Waals surface area contributed by atoms with E-state index in [2.05, 4.69) is 25.2 Å². The lowest BCUT2D eigenvalue weighted by molar-refractivity contribution is -0.129. The zero-order chi connectivity index (χ0) is 21.3. The zero-order valence-electron chi connectivity index (χ0n) is 17.2. The Kier molecular flexibility index (Phi) is 5.86. The van der Waals surface area contributed by atoms with Crippen LogP contribution in [-0.2, 0) is 4.79 Å². The molecular weight excluding hydrogens is 410 g/mol. The number of aromatic nitrogens is 3. The number of halogens is 2. The fraction of sp³-hybridized carbons (Fsp3) is 0.600. The summed E-state index contributed by atoms with van der Waals surface area (Å²) in [6, 6.07) is 1.85. The van der Waals surface area contributed by atoms with E-state index in [0.29, 0.717) is 45.0 Å². The van der Waals surface area contributed by atoms with Crippen molar-refractivity contribution in [2.45, 2.75) is 51.5 Å². The van der Waals surface area contributed by atoms with Crippen LogP contribution >= 0.6 is 11.3 Å². The Morgan fingerprint density at radius 3 is 2.47 bits per heavy atom. The SMILES string of the molecule is CC(=O)N1CCN(c2cc(-c3nc(C)cs3)nc(NC3CCC(F)(F)CC3)n2)CC1. The number of hydrogen-bond acceptors (Lipinski definition) is 7. The van der Waals surface area contributed by atoms with Crippen LogP contribution < -0.4 is 10.2 Å². The van der Waals surface area contributed by atoms with Gasteiger partial charge in [-0.2, -0.15) is 4.98 Å². The van der Waals surface area contributed by atoms with Gasteiger partial charge in [-0.15, -0.1) is 11.3 Å². The maximum absolute atomic E-state index is 13.5. The van der Waals surface area contributed by atoms with Crippen LogP contribution in [0.2, 0.25) is 0 Å². The standard InChI is InChI=1S/C20H26F2N6OS/c1-13-12-30-18(23-13)16-11-17(28-9-7-27(8-10-28)14(2)29)26-19(25-16)24-15-3-5-20(21,22)6-4-15/h11-12,15H,3-10H2,1-2H3,(H,24,25,26). The summed E-state index contributed by atoms with van der Waals surface area (Å²) >= 11 is 1.52. The Balaban J connectivity index is 1.56. The largest absolute Gasteiger partial charge is 0.353 e. The summed E-state index contributed by atoms with van der Waals surface area (Å²) in [7, 11) is 0. The van der Waals surface area contributed by atoms with Gasteiger partial charge in [0, 0.05) is 69.1 Å². The van der Waals surface area contributed by atoms with Crippen molar-refractivity contribution in [2.24, 2.45) is 0 Å². The number of hydrogen-bond donors (Lipinski definition) is 1. The van der Waals surface area contributed by atoms with Gasteiger partial charge in [0.05, 0.1) is 0 Å². The molecule has 1 amide bonds. The fourth-order valence-corrected chi connectivity index (χ4v) is 4.62. The first kappa shape index (κ1) is 20.9. The summed E-state index contributed by atoms with van der Waals surface area (Å²) in [5.41, 5.74) is 1.64. The topological polar surface area (TPSA) is 74.2 Å². The van der Waals surface area contributed by atoms with Gasteiger partial charge >= 0.3 is 0 Å². The number of piperazine rings is 1. The van der Waals surface area contributed by atoms with E-state index in [1.54, 1.807) is 6.92 Å². The molecule has 0 spiro atoms. The van der Waals surface area contributed by atoms with Crippen LogP contribution in [0.25, 0.3) is 10.7 Å². The molecule has 2 aliphatic rings. The van der Waals surface area contributed by atoms with Crippen LogP contribution in [0.15, 0.2) is 11.4 Å². The molecule has 0 radical (unpaired) electrons. The number of alkyl halides is 2. The van der Waals surface area contributed by atoms with Gasteiger partial charge in [-0.05, 0) is 19.8 Å². The van der Waals surface area contributed by atoms with E-state index in [4.69, 9.17) is 0 Å². The molecule has 0 bridgehead atoms. The summed E-state index contributed by atoms with van der Waals surface area (Å²) in [4.78, 5) is 29.4. The minimum absolute atomic E-state index is 0.0692. The van der Waals surface area contributed by atoms with Crippen molar-refractivity contribution < 1.29 is 13.6 Å². The van der Waals surface area contributed by atoms with Crippen molar-refractivity contribution >= 4 is 29.0 Å². The van der Waals surface area contributed by atoms with E-state index in [-0.39, 0.29) is 24.8 Å². The van der Waals surface area contributed by atoms with Crippen LogP contribution in [0.4, 0.5) is 20.5 Å². The molecule has 0 atom stereocenters. The Morgan fingerprint density at radius 2 is 1.87 bits per heavy atom. The van der Waals surface area contributed by atoms with Crippen molar-refractivity contribution in [3.8, 4) is 10.7 Å². The van der Waals surface area contributed by atoms with Gasteiger partial charge in [-0.3, -0.25) is 4.79 Å². The van der Waals surface area contributed by atoms with E-state index in [1.165, 1.54) is 11.3 Å². The number of thiazole rings is 1. The monoisotopic (exact) mass is 436 g/mol. The molecule has 30 heavy (non-hydrogen) atoms. The average molecular weight is 437 g/mol. The molecule has 0 aromatic carbocycles. The van der Waals surface area contributed by atoms with Crippen molar-refractivity contribution in [3.05, 3.63) is 17.1 Å². The number of anilines is 2. The van der Waals surface area contributed by atoms with E-state index in [9.17, 15) is 13.6 Å². The molecule has 2 aromatic rings. The average Bonchev–Trinajstić information content (AvgIpc) is 3.16. The van der Waals surface area contributed by atoms with Crippen LogP contribution in [0, 0.1) is 6.92 Å². The van der Waals surface area contributed by atoms with Crippen molar-refractivity contribution in [3.63, 3.8) is 0 Å². The molecule has 2 aromatic heterocycles. The number of rotatable bonds is 4. The predicted molar refractivity (Wildman–Crippen MR) is 113 cm³/mol. The molecular formula is C20H26F2N6OS. The number of amides is 1. The predicted octanol–water partition coefficient (Wildman–Crippen LogP) is 3.57. The summed E-state index contributed by atoms with van der Waals surface area (Å²) in [5, 5.41) is 6.05.